The Kier molecular flexibility index (Phi) is 7.27. The molecule has 7 heteroatoms. The molecule has 0 aromatic carbocycles. The Labute approximate surface area is 141 Å². The Morgan fingerprint density at radius 3 is 2.71 bits per heavy atom. The van der Waals surface area contributed by atoms with Gasteiger partial charge in [-0.1, -0.05) is 12.2 Å². The fourth-order valence-corrected chi connectivity index (χ4v) is 2.00. The molecule has 1 aromatic rings. The molecule has 0 fully saturated rings. The molecule has 1 amide bonds. The van der Waals surface area contributed by atoms with Gasteiger partial charge in [-0.2, -0.15) is 0 Å². The Hall–Kier alpha value is -1.51. The number of nitrogens with one attached hydrogen (secondary N) is 2. The highest BCUT2D eigenvalue weighted by atomic mass is 127. The number of nitrogens with two attached hydrogens (primary N) is 1. The number of guanidine groups is 1. The van der Waals surface area contributed by atoms with E-state index < -0.39 is 5.91 Å². The van der Waals surface area contributed by atoms with Crippen LogP contribution in [0.25, 0.3) is 0 Å². The molecule has 0 atom stereocenters. The average Bonchev–Trinajstić information content (AvgIpc) is 3.07. The smallest absolute Gasteiger partial charge is 0.284 e. The van der Waals surface area contributed by atoms with Gasteiger partial charge in [0.15, 0.2) is 11.7 Å². The number of aliphatic imine (C=N–C) groups is 1. The van der Waals surface area contributed by atoms with Crippen molar-refractivity contribution in [3.63, 3.8) is 0 Å². The summed E-state index contributed by atoms with van der Waals surface area (Å²) in [4.78, 5) is 15.4. The zero-order chi connectivity index (χ0) is 14.4. The van der Waals surface area contributed by atoms with Crippen molar-refractivity contribution in [2.24, 2.45) is 10.7 Å². The minimum Gasteiger partial charge on any atom is -0.454 e. The Bertz CT molecular complexity index is 517. The van der Waals surface area contributed by atoms with Gasteiger partial charge in [-0.25, -0.2) is 4.99 Å². The largest absolute Gasteiger partial charge is 0.454 e. The van der Waals surface area contributed by atoms with Gasteiger partial charge in [-0.15, -0.1) is 24.0 Å². The highest BCUT2D eigenvalue weighted by Crippen LogP contribution is 2.10. The average molecular weight is 404 g/mol. The highest BCUT2D eigenvalue weighted by Gasteiger charge is 2.12. The summed E-state index contributed by atoms with van der Waals surface area (Å²) in [7, 11) is 0. The van der Waals surface area contributed by atoms with Gasteiger partial charge in [0.25, 0.3) is 5.91 Å². The number of carbonyl (C=O) groups is 1. The molecular formula is C14H21IN4O2. The first kappa shape index (κ1) is 17.5. The molecule has 0 aliphatic heterocycles. The van der Waals surface area contributed by atoms with Crippen LogP contribution in [-0.4, -0.2) is 24.5 Å². The van der Waals surface area contributed by atoms with Crippen LogP contribution in [0.3, 0.4) is 0 Å². The van der Waals surface area contributed by atoms with Gasteiger partial charge in [0.2, 0.25) is 0 Å². The second-order valence-electron chi connectivity index (χ2n) is 4.61. The zero-order valence-electron chi connectivity index (χ0n) is 12.0. The van der Waals surface area contributed by atoms with E-state index in [4.69, 9.17) is 10.2 Å². The molecule has 0 spiro atoms. The Morgan fingerprint density at radius 1 is 1.43 bits per heavy atom. The highest BCUT2D eigenvalue weighted by molar-refractivity contribution is 14.0. The fraction of sp³-hybridized carbons (Fsp3) is 0.429. The van der Waals surface area contributed by atoms with E-state index in [1.54, 1.807) is 12.1 Å². The third kappa shape index (κ3) is 5.41. The standard InChI is InChI=1S/C14H20N4O2.HI/c1-2-16-14(18-10-5-3-4-6-10)17-9-11-7-8-12(20-11)13(15)19;/h3-4,7-8,10H,2,5-6,9H2,1H3,(H2,15,19)(H2,16,17,18);1H. The van der Waals surface area contributed by atoms with Gasteiger partial charge in [0.05, 0.1) is 0 Å². The summed E-state index contributed by atoms with van der Waals surface area (Å²) in [6.07, 6.45) is 6.34. The zero-order valence-corrected chi connectivity index (χ0v) is 14.3. The number of hydrogen-bond acceptors (Lipinski definition) is 3. The first-order valence-electron chi connectivity index (χ1n) is 6.77. The van der Waals surface area contributed by atoms with E-state index in [-0.39, 0.29) is 29.7 Å². The van der Waals surface area contributed by atoms with Gasteiger partial charge in [0, 0.05) is 12.6 Å². The summed E-state index contributed by atoms with van der Waals surface area (Å²) < 4.78 is 5.29. The van der Waals surface area contributed by atoms with Crippen molar-refractivity contribution in [3.05, 3.63) is 35.8 Å². The molecule has 0 bridgehead atoms. The van der Waals surface area contributed by atoms with E-state index >= 15 is 0 Å². The molecule has 6 nitrogen and oxygen atoms in total. The number of carbonyl (C=O) groups excluding carboxylic acids is 1. The molecule has 1 aliphatic carbocycles. The maximum atomic E-state index is 10.9. The van der Waals surface area contributed by atoms with E-state index in [1.165, 1.54) is 0 Å². The number of halogens is 1. The minimum absolute atomic E-state index is 0. The number of primary amides is 1. The summed E-state index contributed by atoms with van der Waals surface area (Å²) in [6.45, 7) is 3.17. The molecule has 0 saturated heterocycles. The van der Waals surface area contributed by atoms with E-state index in [0.717, 1.165) is 25.3 Å². The SMILES string of the molecule is CCNC(=NCc1ccc(C(N)=O)o1)NC1CC=CC1.I. The molecule has 0 unspecified atom stereocenters. The van der Waals surface area contributed by atoms with Crippen LogP contribution < -0.4 is 16.4 Å². The van der Waals surface area contributed by atoms with Gasteiger partial charge in [0.1, 0.15) is 12.3 Å². The van der Waals surface area contributed by atoms with Gasteiger partial charge < -0.3 is 20.8 Å². The number of amides is 1. The van der Waals surface area contributed by atoms with Crippen LogP contribution in [0, 0.1) is 0 Å². The van der Waals surface area contributed by atoms with Crippen LogP contribution in [0.15, 0.2) is 33.7 Å². The third-order valence-corrected chi connectivity index (χ3v) is 2.99. The van der Waals surface area contributed by atoms with Crippen LogP contribution in [0.4, 0.5) is 0 Å². The molecule has 1 aliphatic rings. The first-order valence-corrected chi connectivity index (χ1v) is 6.77. The monoisotopic (exact) mass is 404 g/mol. The van der Waals surface area contributed by atoms with E-state index in [1.807, 2.05) is 6.92 Å². The lowest BCUT2D eigenvalue weighted by Crippen LogP contribution is -2.42. The summed E-state index contributed by atoms with van der Waals surface area (Å²) in [5, 5.41) is 6.55. The number of rotatable bonds is 5. The van der Waals surface area contributed by atoms with Crippen molar-refractivity contribution < 1.29 is 9.21 Å². The van der Waals surface area contributed by atoms with Crippen LogP contribution in [-0.2, 0) is 6.54 Å². The predicted octanol–water partition coefficient (Wildman–Crippen LogP) is 1.77. The lowest BCUT2D eigenvalue weighted by Gasteiger charge is -2.16. The van der Waals surface area contributed by atoms with Crippen molar-refractivity contribution in [2.75, 3.05) is 6.54 Å². The first-order chi connectivity index (χ1) is 9.69. The lowest BCUT2D eigenvalue weighted by atomic mass is 10.2. The molecule has 0 radical (unpaired) electrons. The van der Waals surface area contributed by atoms with Crippen LogP contribution in [0.5, 0.6) is 0 Å². The molecular weight excluding hydrogens is 383 g/mol. The molecule has 1 heterocycles. The molecule has 21 heavy (non-hydrogen) atoms. The molecule has 0 saturated carbocycles. The molecule has 1 aromatic heterocycles. The van der Waals surface area contributed by atoms with Gasteiger partial charge >= 0.3 is 0 Å². The van der Waals surface area contributed by atoms with E-state index in [9.17, 15) is 4.79 Å². The van der Waals surface area contributed by atoms with Crippen molar-refractivity contribution >= 4 is 35.8 Å². The van der Waals surface area contributed by atoms with Gasteiger partial charge in [-0.05, 0) is 31.9 Å². The topological polar surface area (TPSA) is 92.6 Å². The number of furan rings is 1. The van der Waals surface area contributed by atoms with Crippen LogP contribution in [0.2, 0.25) is 0 Å². The normalized spacial score (nSPS) is 14.8. The van der Waals surface area contributed by atoms with Gasteiger partial charge in [-0.3, -0.25) is 4.79 Å². The summed E-state index contributed by atoms with van der Waals surface area (Å²) in [5.74, 6) is 0.953. The van der Waals surface area contributed by atoms with Crippen LogP contribution in [0.1, 0.15) is 36.1 Å². The summed E-state index contributed by atoms with van der Waals surface area (Å²) >= 11 is 0. The third-order valence-electron chi connectivity index (χ3n) is 2.99. The second kappa shape index (κ2) is 8.71. The maximum Gasteiger partial charge on any atom is 0.284 e. The second-order valence-corrected chi connectivity index (χ2v) is 4.61. The lowest BCUT2D eigenvalue weighted by molar-refractivity contribution is 0.0972. The van der Waals surface area contributed by atoms with Crippen LogP contribution >= 0.6 is 24.0 Å². The minimum atomic E-state index is -0.567. The van der Waals surface area contributed by atoms with Crippen molar-refractivity contribution in [2.45, 2.75) is 32.4 Å². The predicted molar refractivity (Wildman–Crippen MR) is 92.8 cm³/mol. The fourth-order valence-electron chi connectivity index (χ4n) is 2.00. The molecule has 2 rings (SSSR count). The molecule has 4 N–H and O–H groups in total. The number of hydrogen-bond donors (Lipinski definition) is 3. The van der Waals surface area contributed by atoms with Crippen molar-refractivity contribution in [1.29, 1.82) is 0 Å². The summed E-state index contributed by atoms with van der Waals surface area (Å²) in [6, 6.07) is 3.67. The summed E-state index contributed by atoms with van der Waals surface area (Å²) in [5.41, 5.74) is 5.14. The van der Waals surface area contributed by atoms with E-state index in [0.29, 0.717) is 18.3 Å². The van der Waals surface area contributed by atoms with Crippen molar-refractivity contribution in [3.8, 4) is 0 Å². The maximum absolute atomic E-state index is 10.9. The van der Waals surface area contributed by atoms with E-state index in [2.05, 4.69) is 27.8 Å². The molecule has 116 valence electrons. The Morgan fingerprint density at radius 2 is 2.14 bits per heavy atom. The Balaban J connectivity index is 0.00000220. The number of nitrogens with zero attached hydrogens (tertiary/aromatic N) is 1. The van der Waals surface area contributed by atoms with Crippen molar-refractivity contribution in [1.82, 2.24) is 10.6 Å². The quantitative estimate of drug-likeness (QED) is 0.302.